The van der Waals surface area contributed by atoms with Crippen LogP contribution in [0.25, 0.3) is 10.8 Å². The summed E-state index contributed by atoms with van der Waals surface area (Å²) in [6, 6.07) is 21.2. The van der Waals surface area contributed by atoms with Gasteiger partial charge in [0.15, 0.2) is 0 Å². The van der Waals surface area contributed by atoms with Crippen molar-refractivity contribution in [2.24, 2.45) is 0 Å². The molecule has 0 saturated heterocycles. The summed E-state index contributed by atoms with van der Waals surface area (Å²) in [4.78, 5) is 11.8. The van der Waals surface area contributed by atoms with Gasteiger partial charge in [-0.3, -0.25) is 4.79 Å². The number of amides is 1. The van der Waals surface area contributed by atoms with Crippen molar-refractivity contribution < 1.29 is 9.53 Å². The summed E-state index contributed by atoms with van der Waals surface area (Å²) in [6.07, 6.45) is 3.17. The van der Waals surface area contributed by atoms with Crippen LogP contribution < -0.4 is 10.1 Å². The van der Waals surface area contributed by atoms with E-state index in [4.69, 9.17) is 4.74 Å². The molecule has 0 unspecified atom stereocenters. The molecule has 0 atom stereocenters. The molecule has 0 bridgehead atoms. The molecule has 27 heavy (non-hydrogen) atoms. The van der Waals surface area contributed by atoms with Crippen LogP contribution in [0.2, 0.25) is 0 Å². The summed E-state index contributed by atoms with van der Waals surface area (Å²) in [7, 11) is 1.69. The average molecular weight is 361 g/mol. The molecule has 0 heterocycles. The number of rotatable bonds is 8. The van der Waals surface area contributed by atoms with Crippen LogP contribution in [0.3, 0.4) is 0 Å². The van der Waals surface area contributed by atoms with Crippen molar-refractivity contribution in [2.75, 3.05) is 13.7 Å². The molecule has 3 nitrogen and oxygen atoms in total. The van der Waals surface area contributed by atoms with Crippen LogP contribution in [0, 0.1) is 0 Å². The third kappa shape index (κ3) is 5.10. The maximum atomic E-state index is 11.8. The van der Waals surface area contributed by atoms with Crippen molar-refractivity contribution in [3.8, 4) is 5.75 Å². The Morgan fingerprint density at radius 1 is 1.00 bits per heavy atom. The molecule has 0 aliphatic carbocycles. The van der Waals surface area contributed by atoms with Crippen molar-refractivity contribution in [2.45, 2.75) is 32.6 Å². The first-order chi connectivity index (χ1) is 13.2. The van der Waals surface area contributed by atoms with Gasteiger partial charge in [0.05, 0.1) is 7.11 Å². The monoisotopic (exact) mass is 361 g/mol. The predicted molar refractivity (Wildman–Crippen MR) is 111 cm³/mol. The van der Waals surface area contributed by atoms with E-state index in [0.29, 0.717) is 13.0 Å². The summed E-state index contributed by atoms with van der Waals surface area (Å²) in [5.41, 5.74) is 3.83. The van der Waals surface area contributed by atoms with E-state index in [1.807, 2.05) is 19.1 Å². The second kappa shape index (κ2) is 9.22. The Labute approximate surface area is 161 Å². The quantitative estimate of drug-likeness (QED) is 0.620. The zero-order valence-corrected chi connectivity index (χ0v) is 16.1. The number of nitrogens with one attached hydrogen (secondary N) is 1. The van der Waals surface area contributed by atoms with E-state index in [2.05, 4.69) is 53.8 Å². The van der Waals surface area contributed by atoms with E-state index in [-0.39, 0.29) is 5.91 Å². The van der Waals surface area contributed by atoms with Crippen LogP contribution in [-0.4, -0.2) is 19.6 Å². The summed E-state index contributed by atoms with van der Waals surface area (Å²) in [6.45, 7) is 2.67. The Kier molecular flexibility index (Phi) is 6.48. The van der Waals surface area contributed by atoms with E-state index in [9.17, 15) is 4.79 Å². The zero-order chi connectivity index (χ0) is 19.1. The summed E-state index contributed by atoms with van der Waals surface area (Å²) < 4.78 is 5.41. The molecular formula is C24H27NO2. The van der Waals surface area contributed by atoms with Crippen LogP contribution in [0.1, 0.15) is 36.5 Å². The first-order valence-corrected chi connectivity index (χ1v) is 9.59. The van der Waals surface area contributed by atoms with Gasteiger partial charge in [0.2, 0.25) is 5.91 Å². The maximum absolute atomic E-state index is 11.8. The lowest BCUT2D eigenvalue weighted by Crippen LogP contribution is -2.25. The Balaban J connectivity index is 1.88. The SMILES string of the molecule is CCCC(=O)NCCc1cc(Cc2ccccc2)cc2ccc(OC)cc12. The highest BCUT2D eigenvalue weighted by atomic mass is 16.5. The smallest absolute Gasteiger partial charge is 0.219 e. The maximum Gasteiger partial charge on any atom is 0.219 e. The van der Waals surface area contributed by atoms with Gasteiger partial charge in [-0.15, -0.1) is 0 Å². The highest BCUT2D eigenvalue weighted by Gasteiger charge is 2.08. The lowest BCUT2D eigenvalue weighted by atomic mass is 9.95. The minimum Gasteiger partial charge on any atom is -0.497 e. The van der Waals surface area contributed by atoms with E-state index in [1.165, 1.54) is 27.5 Å². The number of methoxy groups -OCH3 is 1. The molecule has 0 fully saturated rings. The van der Waals surface area contributed by atoms with Crippen LogP contribution in [0.15, 0.2) is 60.7 Å². The molecule has 0 radical (unpaired) electrons. The second-order valence-corrected chi connectivity index (χ2v) is 6.85. The van der Waals surface area contributed by atoms with Gasteiger partial charge in [-0.1, -0.05) is 55.5 Å². The van der Waals surface area contributed by atoms with E-state index >= 15 is 0 Å². The normalized spacial score (nSPS) is 10.7. The minimum atomic E-state index is 0.125. The molecule has 1 N–H and O–H groups in total. The molecule has 1 amide bonds. The van der Waals surface area contributed by atoms with Gasteiger partial charge >= 0.3 is 0 Å². The fourth-order valence-electron chi connectivity index (χ4n) is 3.40. The van der Waals surface area contributed by atoms with Crippen molar-refractivity contribution in [1.82, 2.24) is 5.32 Å². The van der Waals surface area contributed by atoms with Gasteiger partial charge in [-0.05, 0) is 58.9 Å². The van der Waals surface area contributed by atoms with E-state index in [0.717, 1.165) is 25.0 Å². The molecule has 3 heteroatoms. The first kappa shape index (κ1) is 19.0. The summed E-state index contributed by atoms with van der Waals surface area (Å²) in [5.74, 6) is 0.981. The number of hydrogen-bond donors (Lipinski definition) is 1. The average Bonchev–Trinajstić information content (AvgIpc) is 2.68. The van der Waals surface area contributed by atoms with Gasteiger partial charge < -0.3 is 10.1 Å². The van der Waals surface area contributed by atoms with E-state index < -0.39 is 0 Å². The van der Waals surface area contributed by atoms with Crippen molar-refractivity contribution in [3.63, 3.8) is 0 Å². The number of hydrogen-bond acceptors (Lipinski definition) is 2. The van der Waals surface area contributed by atoms with Crippen LogP contribution >= 0.6 is 0 Å². The summed E-state index contributed by atoms with van der Waals surface area (Å²) in [5, 5.41) is 5.42. The number of fused-ring (bicyclic) bond motifs is 1. The number of carbonyl (C=O) groups is 1. The molecule has 3 rings (SSSR count). The second-order valence-electron chi connectivity index (χ2n) is 6.85. The molecule has 3 aromatic carbocycles. The number of ether oxygens (including phenoxy) is 1. The standard InChI is InChI=1S/C24H27NO2/c1-3-7-24(26)25-13-12-21-16-19(14-18-8-5-4-6-9-18)15-20-10-11-22(27-2)17-23(20)21/h4-6,8-11,15-17H,3,7,12-14H2,1-2H3,(H,25,26). The van der Waals surface area contributed by atoms with Gasteiger partial charge in [0.25, 0.3) is 0 Å². The van der Waals surface area contributed by atoms with Gasteiger partial charge in [-0.2, -0.15) is 0 Å². The molecule has 0 aromatic heterocycles. The Bertz CT molecular complexity index is 903. The molecule has 0 spiro atoms. The topological polar surface area (TPSA) is 38.3 Å². The summed E-state index contributed by atoms with van der Waals surface area (Å²) >= 11 is 0. The highest BCUT2D eigenvalue weighted by molar-refractivity contribution is 5.88. The fraction of sp³-hybridized carbons (Fsp3) is 0.292. The third-order valence-corrected chi connectivity index (χ3v) is 4.75. The highest BCUT2D eigenvalue weighted by Crippen LogP contribution is 2.27. The van der Waals surface area contributed by atoms with Crippen LogP contribution in [0.5, 0.6) is 5.75 Å². The predicted octanol–water partition coefficient (Wildman–Crippen LogP) is 4.90. The molecular weight excluding hydrogens is 334 g/mol. The Morgan fingerprint density at radius 2 is 1.81 bits per heavy atom. The first-order valence-electron chi connectivity index (χ1n) is 9.59. The fourth-order valence-corrected chi connectivity index (χ4v) is 3.40. The number of carbonyl (C=O) groups excluding carboxylic acids is 1. The lowest BCUT2D eigenvalue weighted by molar-refractivity contribution is -0.121. The van der Waals surface area contributed by atoms with Crippen molar-refractivity contribution in [1.29, 1.82) is 0 Å². The Morgan fingerprint density at radius 3 is 2.56 bits per heavy atom. The third-order valence-electron chi connectivity index (χ3n) is 4.75. The molecule has 0 saturated carbocycles. The van der Waals surface area contributed by atoms with Crippen molar-refractivity contribution in [3.05, 3.63) is 77.4 Å². The van der Waals surface area contributed by atoms with E-state index in [1.54, 1.807) is 7.11 Å². The largest absolute Gasteiger partial charge is 0.497 e. The van der Waals surface area contributed by atoms with Gasteiger partial charge in [-0.25, -0.2) is 0 Å². The van der Waals surface area contributed by atoms with Crippen molar-refractivity contribution >= 4 is 16.7 Å². The number of benzene rings is 3. The molecule has 3 aromatic rings. The Hall–Kier alpha value is -2.81. The molecule has 140 valence electrons. The zero-order valence-electron chi connectivity index (χ0n) is 16.1. The van der Waals surface area contributed by atoms with Crippen LogP contribution in [-0.2, 0) is 17.6 Å². The van der Waals surface area contributed by atoms with Crippen LogP contribution in [0.4, 0.5) is 0 Å². The molecule has 0 aliphatic rings. The minimum absolute atomic E-state index is 0.125. The van der Waals surface area contributed by atoms with Gasteiger partial charge in [0.1, 0.15) is 5.75 Å². The lowest BCUT2D eigenvalue weighted by Gasteiger charge is -2.13. The van der Waals surface area contributed by atoms with Gasteiger partial charge in [0, 0.05) is 13.0 Å². The molecule has 0 aliphatic heterocycles.